The van der Waals surface area contributed by atoms with Crippen LogP contribution < -0.4 is 5.73 Å². The standard InChI is InChI=1S/C12H15N3O3.ClH/c1-8-4-9(6-11(5-8)15(17)18)12(16)14-3-2-10(13)7-14;/h4-6,10H,2-3,7,13H2,1H3;1H/t10-;/m0./s1. The van der Waals surface area contributed by atoms with E-state index in [0.29, 0.717) is 24.2 Å². The number of nitrogens with zero attached hydrogens (tertiary/aromatic N) is 2. The number of rotatable bonds is 2. The van der Waals surface area contributed by atoms with E-state index in [4.69, 9.17) is 5.73 Å². The first kappa shape index (κ1) is 15.4. The summed E-state index contributed by atoms with van der Waals surface area (Å²) in [5, 5.41) is 10.8. The van der Waals surface area contributed by atoms with Crippen molar-refractivity contribution in [3.8, 4) is 0 Å². The van der Waals surface area contributed by atoms with E-state index in [1.807, 2.05) is 0 Å². The predicted molar refractivity (Wildman–Crippen MR) is 73.6 cm³/mol. The van der Waals surface area contributed by atoms with Crippen LogP contribution in [0.3, 0.4) is 0 Å². The number of nitro benzene ring substituents is 1. The van der Waals surface area contributed by atoms with Gasteiger partial charge in [-0.1, -0.05) is 0 Å². The molecule has 1 aromatic rings. The normalized spacial score (nSPS) is 18.0. The molecular weight excluding hydrogens is 270 g/mol. The lowest BCUT2D eigenvalue weighted by Crippen LogP contribution is -2.31. The van der Waals surface area contributed by atoms with Gasteiger partial charge in [0.1, 0.15) is 0 Å². The van der Waals surface area contributed by atoms with Crippen molar-refractivity contribution in [2.75, 3.05) is 13.1 Å². The third kappa shape index (κ3) is 3.42. The molecule has 1 aliphatic rings. The molecule has 104 valence electrons. The molecule has 0 radical (unpaired) electrons. The van der Waals surface area contributed by atoms with Crippen LogP contribution in [0.1, 0.15) is 22.3 Å². The zero-order valence-corrected chi connectivity index (χ0v) is 11.4. The van der Waals surface area contributed by atoms with Gasteiger partial charge in [-0.25, -0.2) is 0 Å². The van der Waals surface area contributed by atoms with E-state index in [9.17, 15) is 14.9 Å². The Kier molecular flexibility index (Phi) is 4.85. The molecule has 0 aromatic heterocycles. The fraction of sp³-hybridized carbons (Fsp3) is 0.417. The highest BCUT2D eigenvalue weighted by atomic mass is 35.5. The number of carbonyl (C=O) groups excluding carboxylic acids is 1. The van der Waals surface area contributed by atoms with Crippen LogP contribution in [0.5, 0.6) is 0 Å². The van der Waals surface area contributed by atoms with Gasteiger partial charge in [0.15, 0.2) is 0 Å². The van der Waals surface area contributed by atoms with Crippen LogP contribution in [0.4, 0.5) is 5.69 Å². The van der Waals surface area contributed by atoms with Crippen molar-refractivity contribution in [3.63, 3.8) is 0 Å². The minimum atomic E-state index is -0.487. The average Bonchev–Trinajstić information content (AvgIpc) is 2.74. The maximum Gasteiger partial charge on any atom is 0.270 e. The van der Waals surface area contributed by atoms with Crippen molar-refractivity contribution < 1.29 is 9.72 Å². The van der Waals surface area contributed by atoms with Crippen LogP contribution >= 0.6 is 12.4 Å². The molecule has 7 heteroatoms. The van der Waals surface area contributed by atoms with Gasteiger partial charge < -0.3 is 10.6 Å². The van der Waals surface area contributed by atoms with Crippen LogP contribution in [0.25, 0.3) is 0 Å². The Labute approximate surface area is 117 Å². The number of halogens is 1. The number of nitro groups is 1. The molecule has 2 N–H and O–H groups in total. The van der Waals surface area contributed by atoms with Crippen molar-refractivity contribution in [2.45, 2.75) is 19.4 Å². The number of hydrogen-bond acceptors (Lipinski definition) is 4. The van der Waals surface area contributed by atoms with E-state index >= 15 is 0 Å². The molecule has 1 aromatic carbocycles. The number of nitrogens with two attached hydrogens (primary N) is 1. The Morgan fingerprint density at radius 1 is 1.47 bits per heavy atom. The number of amides is 1. The molecule has 0 spiro atoms. The summed E-state index contributed by atoms with van der Waals surface area (Å²) in [5.74, 6) is -0.185. The maximum atomic E-state index is 12.2. The van der Waals surface area contributed by atoms with Gasteiger partial charge >= 0.3 is 0 Å². The Balaban J connectivity index is 0.00000180. The highest BCUT2D eigenvalue weighted by Crippen LogP contribution is 2.19. The van der Waals surface area contributed by atoms with Crippen molar-refractivity contribution in [3.05, 3.63) is 39.4 Å². The lowest BCUT2D eigenvalue weighted by atomic mass is 10.1. The first-order valence-electron chi connectivity index (χ1n) is 5.78. The zero-order chi connectivity index (χ0) is 13.3. The second-order valence-corrected chi connectivity index (χ2v) is 4.61. The first-order chi connectivity index (χ1) is 8.47. The largest absolute Gasteiger partial charge is 0.337 e. The van der Waals surface area contributed by atoms with Crippen LogP contribution in [0.2, 0.25) is 0 Å². The molecule has 1 fully saturated rings. The lowest BCUT2D eigenvalue weighted by molar-refractivity contribution is -0.384. The monoisotopic (exact) mass is 285 g/mol. The Morgan fingerprint density at radius 2 is 2.16 bits per heavy atom. The summed E-state index contributed by atoms with van der Waals surface area (Å²) in [5.41, 5.74) is 6.75. The predicted octanol–water partition coefficient (Wildman–Crippen LogP) is 1.50. The van der Waals surface area contributed by atoms with Crippen molar-refractivity contribution in [1.29, 1.82) is 0 Å². The fourth-order valence-corrected chi connectivity index (χ4v) is 2.15. The van der Waals surface area contributed by atoms with Gasteiger partial charge in [-0.2, -0.15) is 0 Å². The molecule has 0 bridgehead atoms. The maximum absolute atomic E-state index is 12.2. The van der Waals surface area contributed by atoms with E-state index in [-0.39, 0.29) is 30.0 Å². The summed E-state index contributed by atoms with van der Waals surface area (Å²) < 4.78 is 0. The highest BCUT2D eigenvalue weighted by Gasteiger charge is 2.25. The number of carbonyl (C=O) groups is 1. The number of aryl methyl sites for hydroxylation is 1. The fourth-order valence-electron chi connectivity index (χ4n) is 2.15. The molecule has 0 saturated carbocycles. The number of non-ortho nitro benzene ring substituents is 1. The number of benzene rings is 1. The van der Waals surface area contributed by atoms with Gasteiger partial charge in [0.2, 0.25) is 0 Å². The van der Waals surface area contributed by atoms with Gasteiger partial charge in [0.25, 0.3) is 11.6 Å². The minimum Gasteiger partial charge on any atom is -0.337 e. The van der Waals surface area contributed by atoms with Gasteiger partial charge in [0, 0.05) is 36.8 Å². The summed E-state index contributed by atoms with van der Waals surface area (Å²) >= 11 is 0. The lowest BCUT2D eigenvalue weighted by Gasteiger charge is -2.15. The molecule has 0 unspecified atom stereocenters. The van der Waals surface area contributed by atoms with E-state index in [0.717, 1.165) is 6.42 Å². The van der Waals surface area contributed by atoms with E-state index in [1.54, 1.807) is 17.9 Å². The molecule has 1 atom stereocenters. The summed E-state index contributed by atoms with van der Waals surface area (Å²) in [4.78, 5) is 24.1. The summed E-state index contributed by atoms with van der Waals surface area (Å²) in [7, 11) is 0. The molecule has 6 nitrogen and oxygen atoms in total. The topological polar surface area (TPSA) is 89.5 Å². The van der Waals surface area contributed by atoms with Gasteiger partial charge in [-0.05, 0) is 25.0 Å². The summed E-state index contributed by atoms with van der Waals surface area (Å²) in [6.07, 6.45) is 0.777. The molecular formula is C12H16ClN3O3. The van der Waals surface area contributed by atoms with Crippen LogP contribution in [-0.4, -0.2) is 34.9 Å². The van der Waals surface area contributed by atoms with Crippen molar-refractivity contribution in [2.24, 2.45) is 5.73 Å². The third-order valence-electron chi connectivity index (χ3n) is 3.03. The van der Waals surface area contributed by atoms with Crippen molar-refractivity contribution >= 4 is 24.0 Å². The van der Waals surface area contributed by atoms with Gasteiger partial charge in [-0.15, -0.1) is 12.4 Å². The third-order valence-corrected chi connectivity index (χ3v) is 3.03. The quantitative estimate of drug-likeness (QED) is 0.658. The number of hydrogen-bond donors (Lipinski definition) is 1. The molecule has 0 aliphatic carbocycles. The Bertz CT molecular complexity index is 507. The minimum absolute atomic E-state index is 0. The van der Waals surface area contributed by atoms with E-state index < -0.39 is 4.92 Å². The molecule has 19 heavy (non-hydrogen) atoms. The smallest absolute Gasteiger partial charge is 0.270 e. The van der Waals surface area contributed by atoms with Crippen LogP contribution in [0, 0.1) is 17.0 Å². The first-order valence-corrected chi connectivity index (χ1v) is 5.78. The Hall–Kier alpha value is -1.66. The zero-order valence-electron chi connectivity index (χ0n) is 10.5. The SMILES string of the molecule is Cc1cc(C(=O)N2CC[C@H](N)C2)cc([N+](=O)[O-])c1.Cl. The van der Waals surface area contributed by atoms with E-state index in [2.05, 4.69) is 0 Å². The molecule has 1 aliphatic heterocycles. The molecule has 1 heterocycles. The summed E-state index contributed by atoms with van der Waals surface area (Å²) in [6.45, 7) is 2.86. The second kappa shape index (κ2) is 5.99. The van der Waals surface area contributed by atoms with E-state index in [1.165, 1.54) is 12.1 Å². The van der Waals surface area contributed by atoms with Gasteiger partial charge in [0.05, 0.1) is 4.92 Å². The second-order valence-electron chi connectivity index (χ2n) is 4.61. The van der Waals surface area contributed by atoms with Crippen LogP contribution in [-0.2, 0) is 0 Å². The molecule has 2 rings (SSSR count). The number of likely N-dealkylation sites (tertiary alicyclic amines) is 1. The molecule has 1 saturated heterocycles. The van der Waals surface area contributed by atoms with Gasteiger partial charge in [-0.3, -0.25) is 14.9 Å². The van der Waals surface area contributed by atoms with Crippen molar-refractivity contribution in [1.82, 2.24) is 4.90 Å². The highest BCUT2D eigenvalue weighted by molar-refractivity contribution is 5.95. The van der Waals surface area contributed by atoms with Crippen LogP contribution in [0.15, 0.2) is 18.2 Å². The molecule has 1 amide bonds. The summed E-state index contributed by atoms with van der Waals surface area (Å²) in [6, 6.07) is 4.44. The average molecular weight is 286 g/mol. The Morgan fingerprint density at radius 3 is 2.68 bits per heavy atom.